The average Bonchev–Trinajstić information content (AvgIpc) is 3.15. The number of amides is 1. The molecular weight excluding hydrogens is 386 g/mol. The van der Waals surface area contributed by atoms with Gasteiger partial charge in [0.2, 0.25) is 0 Å². The maximum atomic E-state index is 12.8. The van der Waals surface area contributed by atoms with Crippen molar-refractivity contribution in [2.75, 3.05) is 11.6 Å². The van der Waals surface area contributed by atoms with E-state index in [9.17, 15) is 4.79 Å². The number of aromatic nitrogens is 2. The fourth-order valence-electron chi connectivity index (χ4n) is 2.91. The van der Waals surface area contributed by atoms with Crippen molar-refractivity contribution in [2.24, 2.45) is 0 Å². The van der Waals surface area contributed by atoms with E-state index in [1.165, 1.54) is 0 Å². The van der Waals surface area contributed by atoms with Crippen LogP contribution in [0.4, 0.5) is 5.69 Å². The van der Waals surface area contributed by atoms with Crippen LogP contribution in [-0.2, 0) is 5.75 Å². The number of hydrogen-bond donors (Lipinski definition) is 2. The average molecular weight is 406 g/mol. The molecule has 0 aliphatic heterocycles. The lowest BCUT2D eigenvalue weighted by Crippen LogP contribution is -2.14. The number of carbonyl (C=O) groups is 1. The molecule has 1 heterocycles. The lowest BCUT2D eigenvalue weighted by molar-refractivity contribution is 0.102. The molecule has 4 rings (SSSR count). The molecule has 0 unspecified atom stereocenters. The molecule has 0 saturated heterocycles. The number of nitrogens with one attached hydrogen (secondary N) is 2. The van der Waals surface area contributed by atoms with E-state index < -0.39 is 0 Å². The fraction of sp³-hybridized carbons (Fsp3) is 0.0909. The van der Waals surface area contributed by atoms with Gasteiger partial charge >= 0.3 is 0 Å². The van der Waals surface area contributed by atoms with Gasteiger partial charge < -0.3 is 10.3 Å². The van der Waals surface area contributed by atoms with E-state index in [0.29, 0.717) is 11.3 Å². The van der Waals surface area contributed by atoms with Gasteiger partial charge in [0, 0.05) is 21.9 Å². The predicted molar refractivity (Wildman–Crippen MR) is 118 cm³/mol. The van der Waals surface area contributed by atoms with Crippen molar-refractivity contribution < 1.29 is 4.79 Å². The second-order valence-corrected chi connectivity index (χ2v) is 8.03. The standard InChI is InChI=1S/C22H19N3OS2/c1-27-17-9-6-8-16(13-17)23-21(26)18-10-3-2-7-15(18)14-28-22-24-19-11-4-5-12-20(19)25-22/h2-13H,14H2,1H3,(H,23,26)(H,24,25). The second-order valence-electron chi connectivity index (χ2n) is 6.19. The maximum Gasteiger partial charge on any atom is 0.255 e. The summed E-state index contributed by atoms with van der Waals surface area (Å²) < 4.78 is 0. The number of nitrogens with zero attached hydrogens (tertiary/aromatic N) is 1. The summed E-state index contributed by atoms with van der Waals surface area (Å²) in [6.07, 6.45) is 2.02. The topological polar surface area (TPSA) is 57.8 Å². The molecule has 140 valence electrons. The number of para-hydroxylation sites is 2. The third-order valence-electron chi connectivity index (χ3n) is 4.32. The molecule has 0 aliphatic rings. The summed E-state index contributed by atoms with van der Waals surface area (Å²) in [6, 6.07) is 23.5. The highest BCUT2D eigenvalue weighted by Gasteiger charge is 2.13. The van der Waals surface area contributed by atoms with Crippen LogP contribution >= 0.6 is 23.5 Å². The van der Waals surface area contributed by atoms with Gasteiger partial charge in [-0.15, -0.1) is 11.8 Å². The van der Waals surface area contributed by atoms with Gasteiger partial charge in [0.05, 0.1) is 11.0 Å². The summed E-state index contributed by atoms with van der Waals surface area (Å²) in [5, 5.41) is 3.86. The van der Waals surface area contributed by atoms with Crippen molar-refractivity contribution in [1.29, 1.82) is 0 Å². The molecule has 2 N–H and O–H groups in total. The zero-order valence-corrected chi connectivity index (χ0v) is 16.9. The third-order valence-corrected chi connectivity index (χ3v) is 5.97. The van der Waals surface area contributed by atoms with Gasteiger partial charge in [0.1, 0.15) is 0 Å². The molecule has 4 aromatic rings. The lowest BCUT2D eigenvalue weighted by Gasteiger charge is -2.10. The van der Waals surface area contributed by atoms with E-state index in [1.807, 2.05) is 79.1 Å². The molecule has 0 radical (unpaired) electrons. The molecule has 0 fully saturated rings. The fourth-order valence-corrected chi connectivity index (χ4v) is 4.26. The molecule has 1 aromatic heterocycles. The quantitative estimate of drug-likeness (QED) is 0.396. The molecular formula is C22H19N3OS2. The van der Waals surface area contributed by atoms with Crippen molar-refractivity contribution in [3.8, 4) is 0 Å². The van der Waals surface area contributed by atoms with Crippen LogP contribution in [0.1, 0.15) is 15.9 Å². The number of imidazole rings is 1. The maximum absolute atomic E-state index is 12.8. The van der Waals surface area contributed by atoms with Crippen molar-refractivity contribution in [1.82, 2.24) is 9.97 Å². The number of H-pyrrole nitrogens is 1. The Morgan fingerprint density at radius 2 is 1.86 bits per heavy atom. The van der Waals surface area contributed by atoms with Crippen LogP contribution in [0.2, 0.25) is 0 Å². The molecule has 3 aromatic carbocycles. The van der Waals surface area contributed by atoms with E-state index in [-0.39, 0.29) is 5.91 Å². The van der Waals surface area contributed by atoms with Crippen LogP contribution in [0.25, 0.3) is 11.0 Å². The molecule has 0 saturated carbocycles. The summed E-state index contributed by atoms with van der Waals surface area (Å²) in [4.78, 5) is 21.9. The van der Waals surface area contributed by atoms with Crippen molar-refractivity contribution in [3.05, 3.63) is 83.9 Å². The minimum absolute atomic E-state index is 0.0981. The van der Waals surface area contributed by atoms with Gasteiger partial charge in [0.25, 0.3) is 5.91 Å². The Morgan fingerprint density at radius 3 is 2.71 bits per heavy atom. The first kappa shape index (κ1) is 18.7. The SMILES string of the molecule is CSc1cccc(NC(=O)c2ccccc2CSc2nc3ccccc3[nH]2)c1. The second kappa shape index (κ2) is 8.54. The van der Waals surface area contributed by atoms with Gasteiger partial charge in [-0.3, -0.25) is 4.79 Å². The van der Waals surface area contributed by atoms with Crippen LogP contribution in [0, 0.1) is 0 Å². The van der Waals surface area contributed by atoms with E-state index in [0.717, 1.165) is 32.3 Å². The number of fused-ring (bicyclic) bond motifs is 1. The lowest BCUT2D eigenvalue weighted by atomic mass is 10.1. The third kappa shape index (κ3) is 4.24. The first-order valence-corrected chi connectivity index (χ1v) is 11.0. The molecule has 0 bridgehead atoms. The summed E-state index contributed by atoms with van der Waals surface area (Å²) in [5.41, 5.74) is 4.43. The summed E-state index contributed by atoms with van der Waals surface area (Å²) in [6.45, 7) is 0. The highest BCUT2D eigenvalue weighted by atomic mass is 32.2. The van der Waals surface area contributed by atoms with Gasteiger partial charge in [-0.2, -0.15) is 0 Å². The smallest absolute Gasteiger partial charge is 0.255 e. The number of rotatable bonds is 6. The summed E-state index contributed by atoms with van der Waals surface area (Å²) >= 11 is 3.24. The molecule has 1 amide bonds. The van der Waals surface area contributed by atoms with Crippen molar-refractivity contribution in [3.63, 3.8) is 0 Å². The van der Waals surface area contributed by atoms with Crippen molar-refractivity contribution >= 4 is 46.2 Å². The normalized spacial score (nSPS) is 10.9. The highest BCUT2D eigenvalue weighted by molar-refractivity contribution is 7.98. The van der Waals surface area contributed by atoms with Crippen LogP contribution in [0.3, 0.4) is 0 Å². The molecule has 6 heteroatoms. The zero-order chi connectivity index (χ0) is 19.3. The van der Waals surface area contributed by atoms with E-state index in [4.69, 9.17) is 0 Å². The van der Waals surface area contributed by atoms with Crippen LogP contribution in [-0.4, -0.2) is 22.1 Å². The van der Waals surface area contributed by atoms with Gasteiger partial charge in [-0.1, -0.05) is 48.2 Å². The van der Waals surface area contributed by atoms with Gasteiger partial charge in [-0.25, -0.2) is 4.98 Å². The molecule has 4 nitrogen and oxygen atoms in total. The number of anilines is 1. The Labute approximate surface area is 172 Å². The molecule has 0 aliphatic carbocycles. The number of hydrogen-bond acceptors (Lipinski definition) is 4. The molecule has 0 atom stereocenters. The largest absolute Gasteiger partial charge is 0.333 e. The number of benzene rings is 3. The van der Waals surface area contributed by atoms with E-state index >= 15 is 0 Å². The monoisotopic (exact) mass is 405 g/mol. The Balaban J connectivity index is 1.50. The van der Waals surface area contributed by atoms with E-state index in [2.05, 4.69) is 15.3 Å². The zero-order valence-electron chi connectivity index (χ0n) is 15.3. The molecule has 0 spiro atoms. The molecule has 28 heavy (non-hydrogen) atoms. The Morgan fingerprint density at radius 1 is 1.04 bits per heavy atom. The highest BCUT2D eigenvalue weighted by Crippen LogP contribution is 2.25. The van der Waals surface area contributed by atoms with Gasteiger partial charge in [0.15, 0.2) is 5.16 Å². The number of carbonyl (C=O) groups excluding carboxylic acids is 1. The summed E-state index contributed by atoms with van der Waals surface area (Å²) in [5.74, 6) is 0.563. The van der Waals surface area contributed by atoms with Crippen LogP contribution in [0.5, 0.6) is 0 Å². The minimum Gasteiger partial charge on any atom is -0.333 e. The van der Waals surface area contributed by atoms with Crippen LogP contribution in [0.15, 0.2) is 82.8 Å². The predicted octanol–water partition coefficient (Wildman–Crippen LogP) is 5.83. The van der Waals surface area contributed by atoms with Crippen molar-refractivity contribution in [2.45, 2.75) is 15.8 Å². The number of aromatic amines is 1. The Bertz CT molecular complexity index is 1090. The first-order chi connectivity index (χ1) is 13.7. The van der Waals surface area contributed by atoms with E-state index in [1.54, 1.807) is 23.5 Å². The Hall–Kier alpha value is -2.70. The number of thioether (sulfide) groups is 2. The summed E-state index contributed by atoms with van der Waals surface area (Å²) in [7, 11) is 0. The van der Waals surface area contributed by atoms with Crippen LogP contribution < -0.4 is 5.32 Å². The van der Waals surface area contributed by atoms with Gasteiger partial charge in [-0.05, 0) is 48.2 Å². The minimum atomic E-state index is -0.0981. The first-order valence-electron chi connectivity index (χ1n) is 8.84. The Kier molecular flexibility index (Phi) is 5.69.